The predicted octanol–water partition coefficient (Wildman–Crippen LogP) is 9.51. The van der Waals surface area contributed by atoms with Crippen LogP contribution in [0.2, 0.25) is 0 Å². The molecule has 0 bridgehead atoms. The Balaban J connectivity index is 1.38. The molecule has 7 rings (SSSR count). The maximum Gasteiger partial charge on any atom is 0.160 e. The van der Waals surface area contributed by atoms with Crippen LogP contribution in [0, 0.1) is 0 Å². The molecule has 0 amide bonds. The molecule has 0 saturated carbocycles. The molecule has 5 aromatic carbocycles. The van der Waals surface area contributed by atoms with Crippen molar-refractivity contribution in [3.05, 3.63) is 133 Å². The van der Waals surface area contributed by atoms with Crippen LogP contribution >= 0.6 is 11.3 Å². The molecule has 0 unspecified atom stereocenters. The van der Waals surface area contributed by atoms with Crippen molar-refractivity contribution < 1.29 is 6.85 Å². The van der Waals surface area contributed by atoms with Crippen LogP contribution in [0.25, 0.3) is 65.2 Å². The van der Waals surface area contributed by atoms with Crippen molar-refractivity contribution in [2.75, 3.05) is 0 Å². The quantitative estimate of drug-likeness (QED) is 0.243. The minimum absolute atomic E-state index is 0.201. The lowest BCUT2D eigenvalue weighted by atomic mass is 10.0. The zero-order chi connectivity index (χ0) is 29.0. The van der Waals surface area contributed by atoms with E-state index in [1.165, 1.54) is 0 Å². The summed E-state index contributed by atoms with van der Waals surface area (Å²) in [5.41, 5.74) is 5.42. The average molecular weight is 496 g/mol. The molecule has 0 aliphatic carbocycles. The summed E-state index contributed by atoms with van der Waals surface area (Å²) >= 11 is 1.60. The lowest BCUT2D eigenvalue weighted by Gasteiger charge is -2.09. The first-order valence-corrected chi connectivity index (χ1v) is 12.7. The van der Waals surface area contributed by atoms with Gasteiger partial charge in [-0.3, -0.25) is 0 Å². The number of hydrogen-bond acceptors (Lipinski definition) is 3. The Bertz CT molecular complexity index is 2060. The fraction of sp³-hybridized carbons (Fsp3) is 0. The predicted molar refractivity (Wildman–Crippen MR) is 157 cm³/mol. The van der Waals surface area contributed by atoms with E-state index in [1.54, 1.807) is 11.3 Å². The summed E-state index contributed by atoms with van der Waals surface area (Å²) in [5.74, 6) is 0.632. The number of rotatable bonds is 4. The van der Waals surface area contributed by atoms with E-state index >= 15 is 0 Å². The summed E-state index contributed by atoms with van der Waals surface area (Å²) in [4.78, 5) is 9.93. The first-order valence-electron chi connectivity index (χ1n) is 14.4. The van der Waals surface area contributed by atoms with Gasteiger partial charge in [-0.2, -0.15) is 0 Å². The van der Waals surface area contributed by atoms with Gasteiger partial charge in [0, 0.05) is 36.9 Å². The third-order valence-electron chi connectivity index (χ3n) is 6.38. The van der Waals surface area contributed by atoms with Crippen molar-refractivity contribution in [1.82, 2.24) is 9.97 Å². The van der Waals surface area contributed by atoms with Crippen molar-refractivity contribution in [1.29, 1.82) is 0 Å². The number of nitrogens with zero attached hydrogens (tertiary/aromatic N) is 2. The van der Waals surface area contributed by atoms with Crippen LogP contribution in [-0.2, 0) is 0 Å². The van der Waals surface area contributed by atoms with Crippen LogP contribution < -0.4 is 0 Å². The van der Waals surface area contributed by atoms with Gasteiger partial charge in [0.2, 0.25) is 0 Å². The third-order valence-corrected chi connectivity index (χ3v) is 7.52. The number of benzene rings is 5. The molecule has 37 heavy (non-hydrogen) atoms. The van der Waals surface area contributed by atoms with Crippen LogP contribution in [0.5, 0.6) is 0 Å². The lowest BCUT2D eigenvalue weighted by Crippen LogP contribution is -1.95. The Hall–Kier alpha value is -4.60. The minimum Gasteiger partial charge on any atom is -0.228 e. The summed E-state index contributed by atoms with van der Waals surface area (Å²) in [7, 11) is 0. The molecule has 0 radical (unpaired) electrons. The molecule has 0 fully saturated rings. The topological polar surface area (TPSA) is 25.8 Å². The van der Waals surface area contributed by atoms with E-state index in [1.807, 2.05) is 91.0 Å². The van der Waals surface area contributed by atoms with E-state index in [-0.39, 0.29) is 29.7 Å². The smallest absolute Gasteiger partial charge is 0.160 e. The van der Waals surface area contributed by atoms with E-state index in [0.29, 0.717) is 11.4 Å². The van der Waals surface area contributed by atoms with Gasteiger partial charge in [-0.15, -0.1) is 11.3 Å². The van der Waals surface area contributed by atoms with E-state index in [4.69, 9.17) is 16.8 Å². The molecule has 2 nitrogen and oxygen atoms in total. The zero-order valence-electron chi connectivity index (χ0n) is 24.6. The number of fused-ring (bicyclic) bond motifs is 3. The summed E-state index contributed by atoms with van der Waals surface area (Å²) < 4.78 is 42.9. The highest BCUT2D eigenvalue weighted by molar-refractivity contribution is 7.25. The van der Waals surface area contributed by atoms with Crippen LogP contribution in [0.1, 0.15) is 6.85 Å². The normalized spacial score (nSPS) is 13.1. The monoisotopic (exact) mass is 495 g/mol. The standard InChI is InChI=1S/C34H22N2S/c1-4-10-23(11-5-1)26-16-18-28-29-20-27(17-19-32(29)37-33(28)21-26)34-35-30(24-12-6-2-7-13-24)22-31(36-34)25-14-8-3-9-15-25/h1-22H/i1D,4D,5D,10D,11D. The molecular weight excluding hydrogens is 468 g/mol. The van der Waals surface area contributed by atoms with E-state index in [9.17, 15) is 0 Å². The molecule has 0 N–H and O–H groups in total. The summed E-state index contributed by atoms with van der Waals surface area (Å²) in [5, 5.41) is 2.07. The lowest BCUT2D eigenvalue weighted by molar-refractivity contribution is 1.18. The Morgan fingerprint density at radius 1 is 0.486 bits per heavy atom. The molecule has 0 aliphatic rings. The van der Waals surface area contributed by atoms with Gasteiger partial charge in [-0.25, -0.2) is 9.97 Å². The highest BCUT2D eigenvalue weighted by atomic mass is 32.1. The number of thiophene rings is 1. The van der Waals surface area contributed by atoms with Crippen molar-refractivity contribution in [3.8, 4) is 45.0 Å². The second-order valence-electron chi connectivity index (χ2n) is 8.72. The maximum absolute atomic E-state index is 8.39. The minimum atomic E-state index is -0.391. The maximum atomic E-state index is 8.39. The third kappa shape index (κ3) is 4.10. The molecule has 0 atom stereocenters. The molecule has 0 spiro atoms. The van der Waals surface area contributed by atoms with Crippen LogP contribution in [-0.4, -0.2) is 9.97 Å². The van der Waals surface area contributed by atoms with E-state index in [0.717, 1.165) is 48.3 Å². The number of aromatic nitrogens is 2. The Kier molecular flexibility index (Phi) is 4.18. The van der Waals surface area contributed by atoms with Gasteiger partial charge >= 0.3 is 0 Å². The van der Waals surface area contributed by atoms with E-state index in [2.05, 4.69) is 12.1 Å². The summed E-state index contributed by atoms with van der Waals surface area (Å²) in [6.07, 6.45) is 0. The molecule has 0 saturated heterocycles. The molecule has 174 valence electrons. The molecule has 2 aromatic heterocycles. The largest absolute Gasteiger partial charge is 0.228 e. The van der Waals surface area contributed by atoms with Gasteiger partial charge in [-0.05, 0) is 41.5 Å². The van der Waals surface area contributed by atoms with Crippen LogP contribution in [0.15, 0.2) is 133 Å². The first-order chi connectivity index (χ1) is 20.4. The Morgan fingerprint density at radius 3 is 1.81 bits per heavy atom. The van der Waals surface area contributed by atoms with E-state index < -0.39 is 6.04 Å². The van der Waals surface area contributed by atoms with Crippen molar-refractivity contribution >= 4 is 31.5 Å². The highest BCUT2D eigenvalue weighted by Gasteiger charge is 2.13. The van der Waals surface area contributed by atoms with Gasteiger partial charge in [0.1, 0.15) is 0 Å². The SMILES string of the molecule is [2H]c1c([2H])c([2H])c(-c2ccc3c(c2)sc2ccc(-c4nc(-c5ccccc5)cc(-c5ccccc5)n4)cc23)c([2H])c1[2H]. The second kappa shape index (κ2) is 9.12. The second-order valence-corrected chi connectivity index (χ2v) is 9.80. The van der Waals surface area contributed by atoms with Crippen molar-refractivity contribution in [2.45, 2.75) is 0 Å². The van der Waals surface area contributed by atoms with Gasteiger partial charge in [0.25, 0.3) is 0 Å². The molecule has 0 aliphatic heterocycles. The van der Waals surface area contributed by atoms with Crippen molar-refractivity contribution in [2.24, 2.45) is 0 Å². The fourth-order valence-electron chi connectivity index (χ4n) is 4.56. The van der Waals surface area contributed by atoms with Crippen LogP contribution in [0.3, 0.4) is 0 Å². The molecule has 3 heteroatoms. The van der Waals surface area contributed by atoms with Gasteiger partial charge in [-0.1, -0.05) is 103 Å². The summed E-state index contributed by atoms with van der Waals surface area (Å²) in [6.45, 7) is 0. The molecule has 7 aromatic rings. The Labute approximate surface area is 226 Å². The average Bonchev–Trinajstić information content (AvgIpc) is 3.41. The molecular formula is C34H22N2S. The van der Waals surface area contributed by atoms with Gasteiger partial charge in [0.05, 0.1) is 18.2 Å². The summed E-state index contributed by atoms with van der Waals surface area (Å²) in [6, 6.07) is 32.6. The fourth-order valence-corrected chi connectivity index (χ4v) is 5.68. The van der Waals surface area contributed by atoms with Crippen LogP contribution in [0.4, 0.5) is 0 Å². The zero-order valence-corrected chi connectivity index (χ0v) is 20.4. The molecule has 2 heterocycles. The number of hydrogen-bond donors (Lipinski definition) is 0. The van der Waals surface area contributed by atoms with Crippen molar-refractivity contribution in [3.63, 3.8) is 0 Å². The highest BCUT2D eigenvalue weighted by Crippen LogP contribution is 2.38. The van der Waals surface area contributed by atoms with Gasteiger partial charge in [0.15, 0.2) is 5.82 Å². The first kappa shape index (κ1) is 17.0. The Morgan fingerprint density at radius 2 is 1.14 bits per heavy atom. The van der Waals surface area contributed by atoms with Gasteiger partial charge < -0.3 is 0 Å².